The van der Waals surface area contributed by atoms with Crippen molar-refractivity contribution in [3.05, 3.63) is 22.8 Å². The molecule has 7 nitrogen and oxygen atoms in total. The maximum atomic E-state index is 11.9. The molecule has 0 bridgehead atoms. The van der Waals surface area contributed by atoms with Gasteiger partial charge in [0, 0.05) is 7.05 Å². The Morgan fingerprint density at radius 2 is 1.94 bits per heavy atom. The summed E-state index contributed by atoms with van der Waals surface area (Å²) in [6.07, 6.45) is 0. The number of aryl methyl sites for hydroxylation is 3. The van der Waals surface area contributed by atoms with Gasteiger partial charge in [0.05, 0.1) is 17.1 Å². The van der Waals surface area contributed by atoms with Crippen molar-refractivity contribution in [1.82, 2.24) is 20.1 Å². The molecule has 1 amide bonds. The predicted molar refractivity (Wildman–Crippen MR) is 59.7 cm³/mol. The molecule has 0 saturated heterocycles. The molecule has 2 rings (SSSR count). The van der Waals surface area contributed by atoms with E-state index in [1.54, 1.807) is 11.6 Å². The van der Waals surface area contributed by atoms with Gasteiger partial charge in [-0.15, -0.1) is 0 Å². The number of hydrogen-bond donors (Lipinski definition) is 1. The van der Waals surface area contributed by atoms with Gasteiger partial charge in [0.15, 0.2) is 5.69 Å². The Hall–Kier alpha value is -2.18. The van der Waals surface area contributed by atoms with Crippen LogP contribution in [0.4, 0.5) is 5.69 Å². The van der Waals surface area contributed by atoms with Gasteiger partial charge in [-0.3, -0.25) is 9.48 Å². The summed E-state index contributed by atoms with van der Waals surface area (Å²) in [6, 6.07) is 0. The summed E-state index contributed by atoms with van der Waals surface area (Å²) in [7, 11) is 1.82. The lowest BCUT2D eigenvalue weighted by atomic mass is 10.2. The van der Waals surface area contributed by atoms with E-state index in [2.05, 4.69) is 25.4 Å². The van der Waals surface area contributed by atoms with E-state index < -0.39 is 0 Å². The third kappa shape index (κ3) is 1.91. The zero-order valence-electron chi connectivity index (χ0n) is 10.1. The van der Waals surface area contributed by atoms with E-state index >= 15 is 0 Å². The van der Waals surface area contributed by atoms with Gasteiger partial charge in [-0.05, 0) is 25.9 Å². The zero-order chi connectivity index (χ0) is 12.6. The Balaban J connectivity index is 2.28. The van der Waals surface area contributed by atoms with Gasteiger partial charge in [-0.1, -0.05) is 5.16 Å². The van der Waals surface area contributed by atoms with E-state index in [1.165, 1.54) is 0 Å². The fourth-order valence-corrected chi connectivity index (χ4v) is 1.56. The normalized spacial score (nSPS) is 10.6. The number of carbonyl (C=O) groups is 1. The molecule has 90 valence electrons. The second kappa shape index (κ2) is 4.00. The average Bonchev–Trinajstić information content (AvgIpc) is 2.78. The number of aromatic nitrogens is 4. The van der Waals surface area contributed by atoms with Crippen molar-refractivity contribution in [1.29, 1.82) is 0 Å². The summed E-state index contributed by atoms with van der Waals surface area (Å²) in [5.41, 5.74) is 2.98. The molecule has 0 aliphatic rings. The molecule has 2 aromatic rings. The van der Waals surface area contributed by atoms with Crippen molar-refractivity contribution in [2.45, 2.75) is 20.8 Å². The first-order valence-corrected chi connectivity index (χ1v) is 5.11. The molecule has 2 heterocycles. The Morgan fingerprint density at radius 3 is 2.41 bits per heavy atom. The van der Waals surface area contributed by atoms with Crippen LogP contribution in [0.5, 0.6) is 0 Å². The van der Waals surface area contributed by atoms with Crippen LogP contribution >= 0.6 is 0 Å². The first-order valence-electron chi connectivity index (χ1n) is 5.11. The van der Waals surface area contributed by atoms with Crippen LogP contribution in [0.2, 0.25) is 0 Å². The number of rotatable bonds is 2. The van der Waals surface area contributed by atoms with E-state index in [4.69, 9.17) is 0 Å². The Bertz CT molecular complexity index is 569. The first kappa shape index (κ1) is 11.3. The van der Waals surface area contributed by atoms with Gasteiger partial charge in [-0.25, -0.2) is 4.63 Å². The standard InChI is InChI=1S/C10H13N5O2/c1-5-8(7(3)15(4)12-5)11-10(16)9-6(2)13-17-14-9/h1-4H3,(H,11,16). The molecule has 1 N–H and O–H groups in total. The van der Waals surface area contributed by atoms with Crippen LogP contribution in [0.25, 0.3) is 0 Å². The summed E-state index contributed by atoms with van der Waals surface area (Å²) in [6.45, 7) is 5.37. The van der Waals surface area contributed by atoms with Crippen LogP contribution in [-0.2, 0) is 7.05 Å². The van der Waals surface area contributed by atoms with E-state index in [0.29, 0.717) is 11.4 Å². The lowest BCUT2D eigenvalue weighted by molar-refractivity contribution is 0.101. The Labute approximate surface area is 97.8 Å². The molecule has 0 radical (unpaired) electrons. The number of nitrogens with zero attached hydrogens (tertiary/aromatic N) is 4. The maximum Gasteiger partial charge on any atom is 0.279 e. The number of anilines is 1. The minimum Gasteiger partial charge on any atom is -0.317 e. The summed E-state index contributed by atoms with van der Waals surface area (Å²) in [5, 5.41) is 14.1. The molecule has 0 spiro atoms. The third-order valence-electron chi connectivity index (χ3n) is 2.62. The van der Waals surface area contributed by atoms with Crippen molar-refractivity contribution in [3.63, 3.8) is 0 Å². The summed E-state index contributed by atoms with van der Waals surface area (Å²) in [4.78, 5) is 11.9. The van der Waals surface area contributed by atoms with Crippen molar-refractivity contribution in [2.75, 3.05) is 5.32 Å². The van der Waals surface area contributed by atoms with E-state index in [1.807, 2.05) is 20.9 Å². The number of hydrogen-bond acceptors (Lipinski definition) is 5. The highest BCUT2D eigenvalue weighted by Gasteiger charge is 2.18. The lowest BCUT2D eigenvalue weighted by Crippen LogP contribution is -2.14. The molecular formula is C10H13N5O2. The quantitative estimate of drug-likeness (QED) is 0.838. The van der Waals surface area contributed by atoms with Crippen molar-refractivity contribution in [3.8, 4) is 0 Å². The van der Waals surface area contributed by atoms with Gasteiger partial charge >= 0.3 is 0 Å². The second-order valence-electron chi connectivity index (χ2n) is 3.82. The van der Waals surface area contributed by atoms with Gasteiger partial charge in [0.25, 0.3) is 5.91 Å². The fraction of sp³-hybridized carbons (Fsp3) is 0.400. The van der Waals surface area contributed by atoms with E-state index in [0.717, 1.165) is 11.4 Å². The van der Waals surface area contributed by atoms with Crippen molar-refractivity contribution < 1.29 is 9.42 Å². The van der Waals surface area contributed by atoms with Crippen LogP contribution in [0, 0.1) is 20.8 Å². The maximum absolute atomic E-state index is 11.9. The van der Waals surface area contributed by atoms with Gasteiger partial charge in [0.1, 0.15) is 5.69 Å². The van der Waals surface area contributed by atoms with Crippen LogP contribution in [0.3, 0.4) is 0 Å². The van der Waals surface area contributed by atoms with E-state index in [-0.39, 0.29) is 11.6 Å². The molecule has 0 unspecified atom stereocenters. The molecule has 0 aliphatic carbocycles. The van der Waals surface area contributed by atoms with Gasteiger partial charge in [-0.2, -0.15) is 5.10 Å². The highest BCUT2D eigenvalue weighted by molar-refractivity contribution is 6.04. The monoisotopic (exact) mass is 235 g/mol. The molecule has 0 fully saturated rings. The molecule has 0 aliphatic heterocycles. The molecule has 0 aromatic carbocycles. The predicted octanol–water partition coefficient (Wildman–Crippen LogP) is 0.981. The van der Waals surface area contributed by atoms with Crippen LogP contribution < -0.4 is 5.32 Å². The van der Waals surface area contributed by atoms with Crippen molar-refractivity contribution in [2.24, 2.45) is 7.05 Å². The summed E-state index contributed by atoms with van der Waals surface area (Å²) < 4.78 is 6.20. The largest absolute Gasteiger partial charge is 0.317 e. The molecule has 17 heavy (non-hydrogen) atoms. The average molecular weight is 235 g/mol. The van der Waals surface area contributed by atoms with Gasteiger partial charge in [0.2, 0.25) is 0 Å². The smallest absolute Gasteiger partial charge is 0.279 e. The molecule has 0 atom stereocenters. The van der Waals surface area contributed by atoms with Crippen LogP contribution in [0.1, 0.15) is 27.6 Å². The Kier molecular flexibility index (Phi) is 2.66. The third-order valence-corrected chi connectivity index (χ3v) is 2.62. The number of amides is 1. The van der Waals surface area contributed by atoms with E-state index in [9.17, 15) is 4.79 Å². The minimum atomic E-state index is -0.344. The topological polar surface area (TPSA) is 85.8 Å². The zero-order valence-corrected chi connectivity index (χ0v) is 10.1. The first-order chi connectivity index (χ1) is 8.00. The number of carbonyl (C=O) groups excluding carboxylic acids is 1. The molecule has 7 heteroatoms. The summed E-state index contributed by atoms with van der Waals surface area (Å²) in [5.74, 6) is -0.344. The minimum absolute atomic E-state index is 0.188. The SMILES string of the molecule is Cc1nonc1C(=O)Nc1c(C)nn(C)c1C. The Morgan fingerprint density at radius 1 is 1.24 bits per heavy atom. The van der Waals surface area contributed by atoms with Gasteiger partial charge < -0.3 is 5.32 Å². The summed E-state index contributed by atoms with van der Waals surface area (Å²) >= 11 is 0. The lowest BCUT2D eigenvalue weighted by Gasteiger charge is -2.03. The molecule has 0 saturated carbocycles. The number of nitrogens with one attached hydrogen (secondary N) is 1. The molecule has 2 aromatic heterocycles. The van der Waals surface area contributed by atoms with Crippen LogP contribution in [-0.4, -0.2) is 26.0 Å². The van der Waals surface area contributed by atoms with Crippen LogP contribution in [0.15, 0.2) is 4.63 Å². The highest BCUT2D eigenvalue weighted by Crippen LogP contribution is 2.19. The highest BCUT2D eigenvalue weighted by atomic mass is 16.6. The second-order valence-corrected chi connectivity index (χ2v) is 3.82. The molecular weight excluding hydrogens is 222 g/mol. The fourth-order valence-electron chi connectivity index (χ4n) is 1.56. The van der Waals surface area contributed by atoms with Crippen molar-refractivity contribution >= 4 is 11.6 Å².